The summed E-state index contributed by atoms with van der Waals surface area (Å²) in [5.41, 5.74) is 1.27. The van der Waals surface area contributed by atoms with Crippen molar-refractivity contribution in [1.29, 1.82) is 0 Å². The van der Waals surface area contributed by atoms with E-state index in [1.54, 1.807) is 7.11 Å². The Hall–Kier alpha value is -1.06. The fourth-order valence-electron chi connectivity index (χ4n) is 2.51. The number of hydrogen-bond donors (Lipinski definition) is 1. The van der Waals surface area contributed by atoms with Crippen LogP contribution in [0.3, 0.4) is 0 Å². The van der Waals surface area contributed by atoms with E-state index in [0.717, 1.165) is 25.2 Å². The van der Waals surface area contributed by atoms with Crippen LogP contribution in [0.1, 0.15) is 38.3 Å². The molecular weight excluding hydrogens is 226 g/mol. The van der Waals surface area contributed by atoms with Crippen LogP contribution in [-0.4, -0.2) is 25.9 Å². The Bertz CT molecular complexity index is 381. The minimum absolute atomic E-state index is 0.343. The highest BCUT2D eigenvalue weighted by Gasteiger charge is 2.21. The van der Waals surface area contributed by atoms with Crippen LogP contribution >= 0.6 is 0 Å². The molecule has 2 rings (SSSR count). The van der Waals surface area contributed by atoms with Gasteiger partial charge in [-0.2, -0.15) is 0 Å². The number of benzene rings is 1. The van der Waals surface area contributed by atoms with Gasteiger partial charge in [-0.25, -0.2) is 0 Å². The predicted octanol–water partition coefficient (Wildman–Crippen LogP) is 2.91. The van der Waals surface area contributed by atoms with Crippen molar-refractivity contribution in [1.82, 2.24) is 5.32 Å². The largest absolute Gasteiger partial charge is 0.497 e. The predicted molar refractivity (Wildman–Crippen MR) is 73.0 cm³/mol. The average molecular weight is 249 g/mol. The molecule has 3 unspecified atom stereocenters. The molecule has 1 aliphatic heterocycles. The van der Waals surface area contributed by atoms with Crippen LogP contribution < -0.4 is 10.1 Å². The molecule has 18 heavy (non-hydrogen) atoms. The Morgan fingerprint density at radius 2 is 2.28 bits per heavy atom. The highest BCUT2D eigenvalue weighted by atomic mass is 16.5. The van der Waals surface area contributed by atoms with Crippen molar-refractivity contribution in [2.75, 3.05) is 13.7 Å². The van der Waals surface area contributed by atoms with Gasteiger partial charge < -0.3 is 14.8 Å². The van der Waals surface area contributed by atoms with E-state index in [9.17, 15) is 0 Å². The zero-order chi connectivity index (χ0) is 13.0. The summed E-state index contributed by atoms with van der Waals surface area (Å²) in [4.78, 5) is 0. The summed E-state index contributed by atoms with van der Waals surface area (Å²) >= 11 is 0. The lowest BCUT2D eigenvalue weighted by molar-refractivity contribution is 0.0116. The lowest BCUT2D eigenvalue weighted by Crippen LogP contribution is -2.39. The number of nitrogens with one attached hydrogen (secondary N) is 1. The summed E-state index contributed by atoms with van der Waals surface area (Å²) in [5, 5.41) is 3.68. The molecule has 1 N–H and O–H groups in total. The van der Waals surface area contributed by atoms with Crippen LogP contribution in [0.5, 0.6) is 5.75 Å². The first-order valence-corrected chi connectivity index (χ1v) is 6.70. The Labute approximate surface area is 109 Å². The standard InChI is InChI=1S/C15H23NO2/c1-11-9-14(7-8-18-11)16-12(2)13-5-4-6-15(10-13)17-3/h4-6,10-12,14,16H,7-9H2,1-3H3. The first kappa shape index (κ1) is 13.4. The smallest absolute Gasteiger partial charge is 0.119 e. The average Bonchev–Trinajstić information content (AvgIpc) is 2.39. The summed E-state index contributed by atoms with van der Waals surface area (Å²) in [6.07, 6.45) is 2.56. The van der Waals surface area contributed by atoms with Crippen molar-refractivity contribution in [3.8, 4) is 5.75 Å². The van der Waals surface area contributed by atoms with Gasteiger partial charge in [-0.3, -0.25) is 0 Å². The Balaban J connectivity index is 1.95. The van der Waals surface area contributed by atoms with Gasteiger partial charge in [0.2, 0.25) is 0 Å². The third kappa shape index (κ3) is 3.47. The van der Waals surface area contributed by atoms with Crippen molar-refractivity contribution in [2.24, 2.45) is 0 Å². The van der Waals surface area contributed by atoms with E-state index in [1.807, 2.05) is 12.1 Å². The van der Waals surface area contributed by atoms with Gasteiger partial charge >= 0.3 is 0 Å². The SMILES string of the molecule is COc1cccc(C(C)NC2CCOC(C)C2)c1. The minimum atomic E-state index is 0.343. The van der Waals surface area contributed by atoms with Crippen molar-refractivity contribution >= 4 is 0 Å². The number of methoxy groups -OCH3 is 1. The molecule has 100 valence electrons. The zero-order valence-corrected chi connectivity index (χ0v) is 11.5. The van der Waals surface area contributed by atoms with E-state index in [-0.39, 0.29) is 0 Å². The summed E-state index contributed by atoms with van der Waals surface area (Å²) in [7, 11) is 1.71. The normalized spacial score (nSPS) is 25.7. The fourth-order valence-corrected chi connectivity index (χ4v) is 2.51. The number of rotatable bonds is 4. The van der Waals surface area contributed by atoms with Gasteiger partial charge in [0.15, 0.2) is 0 Å². The maximum absolute atomic E-state index is 5.57. The maximum Gasteiger partial charge on any atom is 0.119 e. The van der Waals surface area contributed by atoms with Gasteiger partial charge in [0.1, 0.15) is 5.75 Å². The first-order valence-electron chi connectivity index (χ1n) is 6.70. The van der Waals surface area contributed by atoms with Crippen LogP contribution in [0.4, 0.5) is 0 Å². The molecule has 0 saturated carbocycles. The van der Waals surface area contributed by atoms with Crippen molar-refractivity contribution in [2.45, 2.75) is 44.9 Å². The van der Waals surface area contributed by atoms with Crippen molar-refractivity contribution < 1.29 is 9.47 Å². The Morgan fingerprint density at radius 3 is 3.00 bits per heavy atom. The first-order chi connectivity index (χ1) is 8.69. The van der Waals surface area contributed by atoms with Crippen LogP contribution in [0.25, 0.3) is 0 Å². The van der Waals surface area contributed by atoms with Gasteiger partial charge in [0, 0.05) is 18.7 Å². The third-order valence-corrected chi connectivity index (χ3v) is 3.56. The Kier molecular flexibility index (Phi) is 4.61. The van der Waals surface area contributed by atoms with E-state index < -0.39 is 0 Å². The topological polar surface area (TPSA) is 30.5 Å². The van der Waals surface area contributed by atoms with E-state index in [1.165, 1.54) is 5.56 Å². The highest BCUT2D eigenvalue weighted by molar-refractivity contribution is 5.30. The molecule has 0 spiro atoms. The van der Waals surface area contributed by atoms with E-state index >= 15 is 0 Å². The molecule has 1 aromatic carbocycles. The monoisotopic (exact) mass is 249 g/mol. The molecule has 1 fully saturated rings. The van der Waals surface area contributed by atoms with Crippen LogP contribution in [0.2, 0.25) is 0 Å². The minimum Gasteiger partial charge on any atom is -0.497 e. The molecule has 1 saturated heterocycles. The molecular formula is C15H23NO2. The van der Waals surface area contributed by atoms with Gasteiger partial charge in [0.25, 0.3) is 0 Å². The Morgan fingerprint density at radius 1 is 1.44 bits per heavy atom. The fraction of sp³-hybridized carbons (Fsp3) is 0.600. The third-order valence-electron chi connectivity index (χ3n) is 3.56. The van der Waals surface area contributed by atoms with Crippen molar-refractivity contribution in [3.63, 3.8) is 0 Å². The summed E-state index contributed by atoms with van der Waals surface area (Å²) < 4.78 is 10.8. The summed E-state index contributed by atoms with van der Waals surface area (Å²) in [6, 6.07) is 9.15. The molecule has 3 nitrogen and oxygen atoms in total. The van der Waals surface area contributed by atoms with Crippen LogP contribution in [0.15, 0.2) is 24.3 Å². The van der Waals surface area contributed by atoms with E-state index in [0.29, 0.717) is 18.2 Å². The molecule has 0 radical (unpaired) electrons. The zero-order valence-electron chi connectivity index (χ0n) is 11.5. The molecule has 0 bridgehead atoms. The molecule has 0 amide bonds. The molecule has 1 heterocycles. The molecule has 1 aliphatic rings. The molecule has 0 aliphatic carbocycles. The lowest BCUT2D eigenvalue weighted by atomic mass is 10.0. The quantitative estimate of drug-likeness (QED) is 0.890. The molecule has 3 heteroatoms. The van der Waals surface area contributed by atoms with E-state index in [4.69, 9.17) is 9.47 Å². The van der Waals surface area contributed by atoms with Gasteiger partial charge in [-0.15, -0.1) is 0 Å². The van der Waals surface area contributed by atoms with Crippen molar-refractivity contribution in [3.05, 3.63) is 29.8 Å². The van der Waals surface area contributed by atoms with Crippen LogP contribution in [0, 0.1) is 0 Å². The number of hydrogen-bond acceptors (Lipinski definition) is 3. The van der Waals surface area contributed by atoms with Gasteiger partial charge in [-0.1, -0.05) is 12.1 Å². The van der Waals surface area contributed by atoms with E-state index in [2.05, 4.69) is 31.3 Å². The lowest BCUT2D eigenvalue weighted by Gasteiger charge is -2.30. The second-order valence-electron chi connectivity index (χ2n) is 5.07. The summed E-state index contributed by atoms with van der Waals surface area (Å²) in [6.45, 7) is 5.21. The van der Waals surface area contributed by atoms with Gasteiger partial charge in [-0.05, 0) is 44.4 Å². The molecule has 0 aromatic heterocycles. The highest BCUT2D eigenvalue weighted by Crippen LogP contribution is 2.21. The molecule has 1 aromatic rings. The number of ether oxygens (including phenoxy) is 2. The maximum atomic E-state index is 5.57. The van der Waals surface area contributed by atoms with Gasteiger partial charge in [0.05, 0.1) is 13.2 Å². The molecule has 3 atom stereocenters. The second kappa shape index (κ2) is 6.21. The summed E-state index contributed by atoms with van der Waals surface area (Å²) in [5.74, 6) is 0.918. The van der Waals surface area contributed by atoms with Crippen LogP contribution in [-0.2, 0) is 4.74 Å². The second-order valence-corrected chi connectivity index (χ2v) is 5.07.